The zero-order chi connectivity index (χ0) is 18.1. The highest BCUT2D eigenvalue weighted by molar-refractivity contribution is 5.99. The summed E-state index contributed by atoms with van der Waals surface area (Å²) >= 11 is 0. The van der Waals surface area contributed by atoms with Gasteiger partial charge in [-0.1, -0.05) is 30.3 Å². The molecule has 0 spiro atoms. The third kappa shape index (κ3) is 2.94. The van der Waals surface area contributed by atoms with Crippen LogP contribution in [0.3, 0.4) is 0 Å². The normalized spacial score (nSPS) is 15.5. The van der Waals surface area contributed by atoms with Crippen LogP contribution in [0.4, 0.5) is 0 Å². The van der Waals surface area contributed by atoms with Crippen molar-refractivity contribution in [1.29, 1.82) is 0 Å². The van der Waals surface area contributed by atoms with Crippen molar-refractivity contribution in [2.45, 2.75) is 13.5 Å². The van der Waals surface area contributed by atoms with Gasteiger partial charge < -0.3 is 9.80 Å². The molecule has 0 aliphatic carbocycles. The van der Waals surface area contributed by atoms with E-state index >= 15 is 0 Å². The first-order valence-corrected chi connectivity index (χ1v) is 8.94. The van der Waals surface area contributed by atoms with Crippen molar-refractivity contribution >= 4 is 17.1 Å². The summed E-state index contributed by atoms with van der Waals surface area (Å²) in [6.45, 7) is 5.87. The topological polar surface area (TPSA) is 67.2 Å². The molecule has 0 radical (unpaired) electrons. The van der Waals surface area contributed by atoms with Crippen LogP contribution in [-0.4, -0.2) is 68.7 Å². The Bertz CT molecular complexity index is 928. The van der Waals surface area contributed by atoms with Gasteiger partial charge in [-0.05, 0) is 14.0 Å². The third-order valence-corrected chi connectivity index (χ3v) is 4.81. The Balaban J connectivity index is 1.83. The van der Waals surface area contributed by atoms with Crippen molar-refractivity contribution in [3.8, 4) is 11.3 Å². The summed E-state index contributed by atoms with van der Waals surface area (Å²) in [7, 11) is 2.07. The van der Waals surface area contributed by atoms with Crippen LogP contribution in [0.5, 0.6) is 0 Å². The van der Waals surface area contributed by atoms with E-state index in [2.05, 4.69) is 22.0 Å². The Kier molecular flexibility index (Phi) is 4.38. The highest BCUT2D eigenvalue weighted by Crippen LogP contribution is 2.24. The van der Waals surface area contributed by atoms with Gasteiger partial charge in [-0.2, -0.15) is 5.10 Å². The minimum atomic E-state index is -0.0596. The van der Waals surface area contributed by atoms with E-state index in [0.29, 0.717) is 42.2 Å². The maximum Gasteiger partial charge on any atom is 0.274 e. The number of piperazine rings is 1. The molecule has 0 atom stereocenters. The molecule has 7 nitrogen and oxygen atoms in total. The molecule has 0 bridgehead atoms. The van der Waals surface area contributed by atoms with Crippen LogP contribution in [0, 0.1) is 0 Å². The molecular formula is C19H22N6O. The minimum Gasteiger partial charge on any atom is -0.335 e. The second-order valence-electron chi connectivity index (χ2n) is 6.55. The maximum atomic E-state index is 13.2. The summed E-state index contributed by atoms with van der Waals surface area (Å²) in [5, 5.41) is 4.33. The second-order valence-corrected chi connectivity index (χ2v) is 6.55. The Morgan fingerprint density at radius 3 is 2.50 bits per heavy atom. The largest absolute Gasteiger partial charge is 0.335 e. The summed E-state index contributed by atoms with van der Waals surface area (Å²) in [5.41, 5.74) is 3.29. The Hall–Kier alpha value is -2.80. The molecule has 1 aromatic carbocycles. The molecule has 3 aromatic rings. The monoisotopic (exact) mass is 350 g/mol. The van der Waals surface area contributed by atoms with E-state index in [1.54, 1.807) is 10.9 Å². The Morgan fingerprint density at radius 2 is 1.81 bits per heavy atom. The number of amides is 1. The molecule has 0 saturated carbocycles. The fourth-order valence-corrected chi connectivity index (χ4v) is 3.23. The minimum absolute atomic E-state index is 0.0596. The van der Waals surface area contributed by atoms with Gasteiger partial charge in [0.2, 0.25) is 0 Å². The lowest BCUT2D eigenvalue weighted by Gasteiger charge is -2.32. The van der Waals surface area contributed by atoms with Crippen LogP contribution in [0.2, 0.25) is 0 Å². The number of benzene rings is 1. The number of aryl methyl sites for hydroxylation is 1. The third-order valence-electron chi connectivity index (χ3n) is 4.81. The lowest BCUT2D eigenvalue weighted by atomic mass is 10.1. The number of fused-ring (bicyclic) bond motifs is 1. The summed E-state index contributed by atoms with van der Waals surface area (Å²) < 4.78 is 1.80. The molecule has 7 heteroatoms. The quantitative estimate of drug-likeness (QED) is 0.722. The van der Waals surface area contributed by atoms with Crippen LogP contribution in [0.15, 0.2) is 36.5 Å². The Labute approximate surface area is 152 Å². The van der Waals surface area contributed by atoms with E-state index in [1.807, 2.05) is 42.2 Å². The van der Waals surface area contributed by atoms with Gasteiger partial charge in [0, 0.05) is 38.3 Å². The van der Waals surface area contributed by atoms with E-state index in [4.69, 9.17) is 4.98 Å². The lowest BCUT2D eigenvalue weighted by molar-refractivity contribution is 0.0659. The first-order chi connectivity index (χ1) is 12.7. The molecule has 1 fully saturated rings. The first-order valence-electron chi connectivity index (χ1n) is 8.94. The van der Waals surface area contributed by atoms with Gasteiger partial charge in [0.05, 0.1) is 6.20 Å². The highest BCUT2D eigenvalue weighted by Gasteiger charge is 2.26. The maximum absolute atomic E-state index is 13.2. The standard InChI is InChI=1S/C19H22N6O/c1-3-25-18-15(13-20-25)21-17(16(22-18)14-7-5-4-6-8-14)19(26)24-11-9-23(2)10-12-24/h4-8,13H,3,9-12H2,1-2H3. The summed E-state index contributed by atoms with van der Waals surface area (Å²) in [6.07, 6.45) is 1.68. The molecule has 3 heterocycles. The van der Waals surface area contributed by atoms with Crippen molar-refractivity contribution in [3.05, 3.63) is 42.2 Å². The van der Waals surface area contributed by atoms with Gasteiger partial charge in [-0.3, -0.25) is 4.79 Å². The SMILES string of the molecule is CCn1ncc2nc(C(=O)N3CCN(C)CC3)c(-c3ccccc3)nc21. The number of hydrogen-bond donors (Lipinski definition) is 0. The van der Waals surface area contributed by atoms with E-state index < -0.39 is 0 Å². The van der Waals surface area contributed by atoms with Gasteiger partial charge in [0.1, 0.15) is 11.2 Å². The van der Waals surface area contributed by atoms with Crippen LogP contribution < -0.4 is 0 Å². The lowest BCUT2D eigenvalue weighted by Crippen LogP contribution is -2.47. The summed E-state index contributed by atoms with van der Waals surface area (Å²) in [5.74, 6) is -0.0596. The number of nitrogens with zero attached hydrogens (tertiary/aromatic N) is 6. The average Bonchev–Trinajstić information content (AvgIpc) is 3.10. The number of hydrogen-bond acceptors (Lipinski definition) is 5. The van der Waals surface area contributed by atoms with Crippen LogP contribution in [-0.2, 0) is 6.54 Å². The van der Waals surface area contributed by atoms with Crippen molar-refractivity contribution in [2.24, 2.45) is 0 Å². The van der Waals surface area contributed by atoms with Crippen LogP contribution in [0.25, 0.3) is 22.4 Å². The second kappa shape index (κ2) is 6.84. The number of carbonyl (C=O) groups is 1. The molecule has 26 heavy (non-hydrogen) atoms. The van der Waals surface area contributed by atoms with Crippen molar-refractivity contribution in [3.63, 3.8) is 0 Å². The fraction of sp³-hybridized carbons (Fsp3) is 0.368. The number of likely N-dealkylation sites (N-methyl/N-ethyl adjacent to an activating group) is 1. The smallest absolute Gasteiger partial charge is 0.274 e. The zero-order valence-electron chi connectivity index (χ0n) is 15.1. The molecule has 134 valence electrons. The molecule has 2 aromatic heterocycles. The predicted octanol–water partition coefficient (Wildman–Crippen LogP) is 1.90. The van der Waals surface area contributed by atoms with Crippen molar-refractivity contribution in [1.82, 2.24) is 29.5 Å². The summed E-state index contributed by atoms with van der Waals surface area (Å²) in [6, 6.07) is 9.77. The first kappa shape index (κ1) is 16.7. The predicted molar refractivity (Wildman–Crippen MR) is 99.8 cm³/mol. The number of carbonyl (C=O) groups excluding carboxylic acids is 1. The van der Waals surface area contributed by atoms with Crippen molar-refractivity contribution < 1.29 is 4.79 Å². The van der Waals surface area contributed by atoms with E-state index in [-0.39, 0.29) is 5.91 Å². The Morgan fingerprint density at radius 1 is 1.08 bits per heavy atom. The van der Waals surface area contributed by atoms with E-state index in [9.17, 15) is 4.79 Å². The molecule has 1 saturated heterocycles. The number of aromatic nitrogens is 4. The van der Waals surface area contributed by atoms with E-state index in [1.165, 1.54) is 0 Å². The highest BCUT2D eigenvalue weighted by atomic mass is 16.2. The fourth-order valence-electron chi connectivity index (χ4n) is 3.23. The van der Waals surface area contributed by atoms with Crippen LogP contribution >= 0.6 is 0 Å². The van der Waals surface area contributed by atoms with Gasteiger partial charge in [0.25, 0.3) is 5.91 Å². The zero-order valence-corrected chi connectivity index (χ0v) is 15.1. The molecule has 1 aliphatic heterocycles. The van der Waals surface area contributed by atoms with E-state index in [0.717, 1.165) is 18.7 Å². The molecule has 1 aliphatic rings. The van der Waals surface area contributed by atoms with Gasteiger partial charge in [-0.15, -0.1) is 0 Å². The van der Waals surface area contributed by atoms with Gasteiger partial charge in [0.15, 0.2) is 11.3 Å². The van der Waals surface area contributed by atoms with Gasteiger partial charge >= 0.3 is 0 Å². The van der Waals surface area contributed by atoms with Crippen molar-refractivity contribution in [2.75, 3.05) is 33.2 Å². The number of rotatable bonds is 3. The summed E-state index contributed by atoms with van der Waals surface area (Å²) in [4.78, 5) is 26.7. The van der Waals surface area contributed by atoms with Gasteiger partial charge in [-0.25, -0.2) is 14.6 Å². The molecular weight excluding hydrogens is 328 g/mol. The van der Waals surface area contributed by atoms with Crippen LogP contribution in [0.1, 0.15) is 17.4 Å². The molecule has 0 unspecified atom stereocenters. The molecule has 1 amide bonds. The molecule has 0 N–H and O–H groups in total. The molecule has 4 rings (SSSR count). The average molecular weight is 350 g/mol.